The molecule has 21 heavy (non-hydrogen) atoms. The van der Waals surface area contributed by atoms with Crippen LogP contribution < -0.4 is 0 Å². The molecule has 0 amide bonds. The van der Waals surface area contributed by atoms with Crippen LogP contribution in [0.5, 0.6) is 0 Å². The van der Waals surface area contributed by atoms with Gasteiger partial charge in [-0.25, -0.2) is 13.9 Å². The lowest BCUT2D eigenvalue weighted by atomic mass is 10.1. The largest absolute Gasteiger partial charge is 0.461 e. The van der Waals surface area contributed by atoms with Crippen molar-refractivity contribution in [2.24, 2.45) is 0 Å². The standard InChI is InChI=1S/C14H16FN3O3/c1-3-21-14(19)12-13(10-4-6-11(15)7-5-10)18(17-16-12)8-9-20-2/h4-7H,3,8-9H2,1-2H3. The van der Waals surface area contributed by atoms with Gasteiger partial charge >= 0.3 is 5.97 Å². The second-order valence-corrected chi connectivity index (χ2v) is 4.23. The van der Waals surface area contributed by atoms with Crippen molar-refractivity contribution in [2.75, 3.05) is 20.3 Å². The summed E-state index contributed by atoms with van der Waals surface area (Å²) in [7, 11) is 1.57. The third-order valence-electron chi connectivity index (χ3n) is 2.83. The molecule has 0 radical (unpaired) electrons. The Balaban J connectivity index is 2.44. The fourth-order valence-electron chi connectivity index (χ4n) is 1.88. The highest BCUT2D eigenvalue weighted by atomic mass is 19.1. The topological polar surface area (TPSA) is 66.2 Å². The van der Waals surface area contributed by atoms with Gasteiger partial charge in [-0.15, -0.1) is 5.10 Å². The van der Waals surface area contributed by atoms with E-state index in [0.717, 1.165) is 0 Å². The summed E-state index contributed by atoms with van der Waals surface area (Å²) >= 11 is 0. The molecular formula is C14H16FN3O3. The lowest BCUT2D eigenvalue weighted by molar-refractivity contribution is 0.0520. The third kappa shape index (κ3) is 3.43. The van der Waals surface area contributed by atoms with Crippen molar-refractivity contribution in [3.8, 4) is 11.3 Å². The summed E-state index contributed by atoms with van der Waals surface area (Å²) in [5, 5.41) is 7.82. The maximum atomic E-state index is 13.1. The molecular weight excluding hydrogens is 277 g/mol. The van der Waals surface area contributed by atoms with E-state index < -0.39 is 5.97 Å². The molecule has 0 aliphatic heterocycles. The molecule has 2 aromatic rings. The molecule has 6 nitrogen and oxygen atoms in total. The number of ether oxygens (including phenoxy) is 2. The summed E-state index contributed by atoms with van der Waals surface area (Å²) in [6, 6.07) is 5.77. The lowest BCUT2D eigenvalue weighted by Crippen LogP contribution is -2.10. The Labute approximate surface area is 121 Å². The Morgan fingerprint density at radius 1 is 1.33 bits per heavy atom. The number of nitrogens with zero attached hydrogens (tertiary/aromatic N) is 3. The number of benzene rings is 1. The summed E-state index contributed by atoms with van der Waals surface area (Å²) in [5.41, 5.74) is 1.24. The first-order valence-electron chi connectivity index (χ1n) is 6.52. The molecule has 0 spiro atoms. The van der Waals surface area contributed by atoms with E-state index in [1.54, 1.807) is 30.8 Å². The van der Waals surface area contributed by atoms with Crippen molar-refractivity contribution < 1.29 is 18.7 Å². The predicted molar refractivity (Wildman–Crippen MR) is 73.2 cm³/mol. The van der Waals surface area contributed by atoms with Crippen molar-refractivity contribution in [1.82, 2.24) is 15.0 Å². The van der Waals surface area contributed by atoms with Gasteiger partial charge in [-0.1, -0.05) is 5.21 Å². The van der Waals surface area contributed by atoms with Gasteiger partial charge in [0.25, 0.3) is 0 Å². The van der Waals surface area contributed by atoms with Crippen LogP contribution in [0.3, 0.4) is 0 Å². The number of esters is 1. The average molecular weight is 293 g/mol. The molecule has 0 bridgehead atoms. The first-order valence-corrected chi connectivity index (χ1v) is 6.52. The van der Waals surface area contributed by atoms with Crippen molar-refractivity contribution in [3.63, 3.8) is 0 Å². The van der Waals surface area contributed by atoms with Crippen LogP contribution in [0.25, 0.3) is 11.3 Å². The van der Waals surface area contributed by atoms with E-state index in [9.17, 15) is 9.18 Å². The van der Waals surface area contributed by atoms with Crippen molar-refractivity contribution in [1.29, 1.82) is 0 Å². The van der Waals surface area contributed by atoms with Gasteiger partial charge in [0, 0.05) is 12.7 Å². The Bertz CT molecular complexity index is 610. The van der Waals surface area contributed by atoms with Gasteiger partial charge in [-0.2, -0.15) is 0 Å². The van der Waals surface area contributed by atoms with E-state index in [-0.39, 0.29) is 18.1 Å². The fraction of sp³-hybridized carbons (Fsp3) is 0.357. The maximum Gasteiger partial charge on any atom is 0.361 e. The second-order valence-electron chi connectivity index (χ2n) is 4.23. The number of methoxy groups -OCH3 is 1. The Morgan fingerprint density at radius 3 is 2.67 bits per heavy atom. The number of carbonyl (C=O) groups excluding carboxylic acids is 1. The van der Waals surface area contributed by atoms with Crippen LogP contribution in [0.15, 0.2) is 24.3 Å². The first-order chi connectivity index (χ1) is 10.2. The zero-order chi connectivity index (χ0) is 15.2. The Kier molecular flexibility index (Phi) is 4.99. The monoisotopic (exact) mass is 293 g/mol. The summed E-state index contributed by atoms with van der Waals surface area (Å²) in [6.07, 6.45) is 0. The lowest BCUT2D eigenvalue weighted by Gasteiger charge is -2.07. The SMILES string of the molecule is CCOC(=O)c1nnn(CCOC)c1-c1ccc(F)cc1. The molecule has 7 heteroatoms. The Hall–Kier alpha value is -2.28. The van der Waals surface area contributed by atoms with Crippen LogP contribution in [0.2, 0.25) is 0 Å². The van der Waals surface area contributed by atoms with Crippen LogP contribution >= 0.6 is 0 Å². The zero-order valence-electron chi connectivity index (χ0n) is 11.9. The molecule has 0 fully saturated rings. The molecule has 1 aromatic carbocycles. The molecule has 0 N–H and O–H groups in total. The molecule has 0 atom stereocenters. The molecule has 0 saturated carbocycles. The van der Waals surface area contributed by atoms with E-state index in [2.05, 4.69) is 10.3 Å². The van der Waals surface area contributed by atoms with Crippen LogP contribution in [-0.2, 0) is 16.0 Å². The van der Waals surface area contributed by atoms with Crippen LogP contribution in [0.1, 0.15) is 17.4 Å². The molecule has 2 rings (SSSR count). The summed E-state index contributed by atoms with van der Waals surface area (Å²) in [5.74, 6) is -0.909. The van der Waals surface area contributed by atoms with Gasteiger partial charge in [-0.3, -0.25) is 0 Å². The van der Waals surface area contributed by atoms with Crippen molar-refractivity contribution >= 4 is 5.97 Å². The number of rotatable bonds is 6. The van der Waals surface area contributed by atoms with E-state index in [0.29, 0.717) is 24.4 Å². The van der Waals surface area contributed by atoms with Gasteiger partial charge in [0.2, 0.25) is 0 Å². The third-order valence-corrected chi connectivity index (χ3v) is 2.83. The highest BCUT2D eigenvalue weighted by Gasteiger charge is 2.22. The number of hydrogen-bond donors (Lipinski definition) is 0. The number of hydrogen-bond acceptors (Lipinski definition) is 5. The van der Waals surface area contributed by atoms with Gasteiger partial charge < -0.3 is 9.47 Å². The fourth-order valence-corrected chi connectivity index (χ4v) is 1.88. The number of carbonyl (C=O) groups is 1. The predicted octanol–water partition coefficient (Wildman–Crippen LogP) is 1.91. The minimum Gasteiger partial charge on any atom is -0.461 e. The first kappa shape index (κ1) is 15.1. The smallest absolute Gasteiger partial charge is 0.361 e. The molecule has 1 aromatic heterocycles. The molecule has 1 heterocycles. The summed E-state index contributed by atoms with van der Waals surface area (Å²) in [4.78, 5) is 11.9. The number of aromatic nitrogens is 3. The molecule has 112 valence electrons. The highest BCUT2D eigenvalue weighted by Crippen LogP contribution is 2.23. The van der Waals surface area contributed by atoms with E-state index in [1.165, 1.54) is 12.1 Å². The van der Waals surface area contributed by atoms with E-state index in [1.807, 2.05) is 0 Å². The molecule has 0 aliphatic rings. The minimum atomic E-state index is -0.555. The average Bonchev–Trinajstić information content (AvgIpc) is 2.90. The molecule has 0 saturated heterocycles. The van der Waals surface area contributed by atoms with Gasteiger partial charge in [-0.05, 0) is 31.2 Å². The maximum absolute atomic E-state index is 13.1. The van der Waals surface area contributed by atoms with Crippen LogP contribution in [0, 0.1) is 5.82 Å². The quantitative estimate of drug-likeness (QED) is 0.761. The molecule has 0 aliphatic carbocycles. The number of halogens is 1. The van der Waals surface area contributed by atoms with Gasteiger partial charge in [0.05, 0.1) is 19.8 Å². The van der Waals surface area contributed by atoms with Crippen LogP contribution in [-0.4, -0.2) is 41.3 Å². The summed E-state index contributed by atoms with van der Waals surface area (Å²) < 4.78 is 24.6. The Morgan fingerprint density at radius 2 is 2.05 bits per heavy atom. The zero-order valence-corrected chi connectivity index (χ0v) is 11.9. The van der Waals surface area contributed by atoms with Gasteiger partial charge in [0.15, 0.2) is 5.69 Å². The second kappa shape index (κ2) is 6.94. The van der Waals surface area contributed by atoms with E-state index in [4.69, 9.17) is 9.47 Å². The summed E-state index contributed by atoms with van der Waals surface area (Å²) in [6.45, 7) is 2.80. The van der Waals surface area contributed by atoms with Crippen molar-refractivity contribution in [3.05, 3.63) is 35.8 Å². The minimum absolute atomic E-state index is 0.111. The molecule has 0 unspecified atom stereocenters. The van der Waals surface area contributed by atoms with Crippen LogP contribution in [0.4, 0.5) is 4.39 Å². The van der Waals surface area contributed by atoms with Crippen molar-refractivity contribution in [2.45, 2.75) is 13.5 Å². The van der Waals surface area contributed by atoms with E-state index >= 15 is 0 Å². The van der Waals surface area contributed by atoms with Gasteiger partial charge in [0.1, 0.15) is 11.5 Å². The highest BCUT2D eigenvalue weighted by molar-refractivity contribution is 5.94. The normalized spacial score (nSPS) is 10.6.